The molecule has 1 aliphatic heterocycles. The summed E-state index contributed by atoms with van der Waals surface area (Å²) < 4.78 is 28.4. The topological polar surface area (TPSA) is 116 Å². The number of nitrogens with one attached hydrogen (secondary N) is 1. The lowest BCUT2D eigenvalue weighted by molar-refractivity contribution is 0.0696. The number of aryl methyl sites for hydroxylation is 1. The number of hydrogen-bond donors (Lipinski definition) is 3. The molecule has 1 aliphatic rings. The van der Waals surface area contributed by atoms with Gasteiger partial charge in [-0.05, 0) is 60.9 Å². The summed E-state index contributed by atoms with van der Waals surface area (Å²) >= 11 is 0. The zero-order valence-electron chi connectivity index (χ0n) is 20.8. The molecule has 0 aromatic heterocycles. The lowest BCUT2D eigenvalue weighted by Gasteiger charge is -2.27. The Morgan fingerprint density at radius 1 is 1.05 bits per heavy atom. The number of fused-ring (bicyclic) bond motifs is 1. The monoisotopic (exact) mass is 509 g/mol. The number of ether oxygens (including phenoxy) is 5. The number of hydrogen-bond acceptors (Lipinski definition) is 8. The number of carboxylic acids is 1. The Morgan fingerprint density at radius 2 is 1.78 bits per heavy atom. The third-order valence-corrected chi connectivity index (χ3v) is 5.93. The van der Waals surface area contributed by atoms with Crippen LogP contribution in [0.3, 0.4) is 0 Å². The molecular weight excluding hydrogens is 478 g/mol. The Hall–Kier alpha value is -3.95. The van der Waals surface area contributed by atoms with E-state index in [2.05, 4.69) is 5.32 Å². The van der Waals surface area contributed by atoms with Crippen LogP contribution in [0, 0.1) is 0 Å². The van der Waals surface area contributed by atoms with Crippen molar-refractivity contribution in [1.29, 1.82) is 0 Å². The van der Waals surface area contributed by atoms with Crippen molar-refractivity contribution >= 4 is 5.97 Å². The van der Waals surface area contributed by atoms with E-state index in [9.17, 15) is 15.0 Å². The van der Waals surface area contributed by atoms with E-state index in [1.54, 1.807) is 6.07 Å². The maximum absolute atomic E-state index is 11.4. The molecule has 0 bridgehead atoms. The molecule has 0 amide bonds. The highest BCUT2D eigenvalue weighted by Gasteiger charge is 2.22. The van der Waals surface area contributed by atoms with Gasteiger partial charge in [-0.2, -0.15) is 0 Å². The van der Waals surface area contributed by atoms with Crippen molar-refractivity contribution in [1.82, 2.24) is 5.32 Å². The van der Waals surface area contributed by atoms with Gasteiger partial charge >= 0.3 is 5.97 Å². The number of methoxy groups -OCH3 is 2. The zero-order valence-corrected chi connectivity index (χ0v) is 20.8. The van der Waals surface area contributed by atoms with E-state index in [-0.39, 0.29) is 29.8 Å². The Labute approximate surface area is 215 Å². The summed E-state index contributed by atoms with van der Waals surface area (Å²) in [5, 5.41) is 22.8. The number of aliphatic hydroxyl groups excluding tert-OH is 1. The van der Waals surface area contributed by atoms with Gasteiger partial charge in [-0.1, -0.05) is 18.2 Å². The van der Waals surface area contributed by atoms with Gasteiger partial charge in [0.25, 0.3) is 0 Å². The molecule has 9 heteroatoms. The maximum atomic E-state index is 11.4. The van der Waals surface area contributed by atoms with E-state index in [4.69, 9.17) is 23.7 Å². The molecule has 3 N–H and O–H groups in total. The van der Waals surface area contributed by atoms with E-state index in [1.807, 2.05) is 42.5 Å². The number of benzene rings is 3. The molecule has 0 fully saturated rings. The second-order valence-electron chi connectivity index (χ2n) is 8.60. The van der Waals surface area contributed by atoms with Crippen LogP contribution in [0.1, 0.15) is 22.3 Å². The first-order valence-corrected chi connectivity index (χ1v) is 12.0. The van der Waals surface area contributed by atoms with Crippen LogP contribution in [0.2, 0.25) is 0 Å². The number of carboxylic acid groups (broad SMARTS) is 1. The van der Waals surface area contributed by atoms with Gasteiger partial charge in [-0.3, -0.25) is 0 Å². The molecule has 9 nitrogen and oxygen atoms in total. The summed E-state index contributed by atoms with van der Waals surface area (Å²) in [7, 11) is 2.88. The molecule has 0 unspecified atom stereocenters. The summed E-state index contributed by atoms with van der Waals surface area (Å²) in [6.45, 7) is 1.21. The Morgan fingerprint density at radius 3 is 2.46 bits per heavy atom. The predicted octanol–water partition coefficient (Wildman–Crippen LogP) is 3.92. The molecule has 3 aromatic carbocycles. The van der Waals surface area contributed by atoms with Crippen LogP contribution in [-0.4, -0.2) is 62.3 Å². The molecule has 2 atom stereocenters. The third kappa shape index (κ3) is 6.84. The summed E-state index contributed by atoms with van der Waals surface area (Å²) in [6, 6.07) is 17.7. The fourth-order valence-corrected chi connectivity index (χ4v) is 4.03. The summed E-state index contributed by atoms with van der Waals surface area (Å²) in [4.78, 5) is 11.4. The van der Waals surface area contributed by atoms with E-state index in [1.165, 1.54) is 26.4 Å². The van der Waals surface area contributed by atoms with Gasteiger partial charge < -0.3 is 39.2 Å². The standard InChI is InChI=1S/C28H31NO8/c1-33-25-13-19(28(31)32)14-26(34-2)27(25)37-22-10-11-24-18(12-22)8-9-23(36-24)16-29-15-20(30)17-35-21-6-4-3-5-7-21/h3-7,10-14,20,23,29-30H,8-9,15-17H2,1-2H3,(H,31,32)/t20-,23+/m0/s1. The number of aliphatic hydroxyl groups is 1. The molecule has 1 heterocycles. The van der Waals surface area contributed by atoms with Crippen molar-refractivity contribution < 1.29 is 38.7 Å². The second kappa shape index (κ2) is 12.3. The first-order chi connectivity index (χ1) is 18.0. The first kappa shape index (κ1) is 26.1. The minimum Gasteiger partial charge on any atom is -0.493 e. The van der Waals surface area contributed by atoms with Crippen LogP contribution in [-0.2, 0) is 6.42 Å². The van der Waals surface area contributed by atoms with Gasteiger partial charge in [0.2, 0.25) is 5.75 Å². The Bertz CT molecular complexity index is 1180. The number of aromatic carboxylic acids is 1. The van der Waals surface area contributed by atoms with Crippen molar-refractivity contribution in [2.24, 2.45) is 0 Å². The van der Waals surface area contributed by atoms with Crippen molar-refractivity contribution in [3.05, 3.63) is 71.8 Å². The molecular formula is C28H31NO8. The van der Waals surface area contributed by atoms with E-state index in [0.717, 1.165) is 29.9 Å². The van der Waals surface area contributed by atoms with Crippen LogP contribution in [0.25, 0.3) is 0 Å². The Balaban J connectivity index is 1.31. The summed E-state index contributed by atoms with van der Waals surface area (Å²) in [5.74, 6) is 1.78. The molecule has 0 radical (unpaired) electrons. The molecule has 0 spiro atoms. The maximum Gasteiger partial charge on any atom is 0.335 e. The fourth-order valence-electron chi connectivity index (χ4n) is 4.03. The van der Waals surface area contributed by atoms with E-state index in [0.29, 0.717) is 24.6 Å². The molecule has 3 aromatic rings. The van der Waals surface area contributed by atoms with Crippen LogP contribution < -0.4 is 29.0 Å². The van der Waals surface area contributed by atoms with Crippen molar-refractivity contribution in [2.45, 2.75) is 25.0 Å². The first-order valence-electron chi connectivity index (χ1n) is 12.0. The highest BCUT2D eigenvalue weighted by atomic mass is 16.5. The summed E-state index contributed by atoms with van der Waals surface area (Å²) in [6.07, 6.45) is 0.949. The van der Waals surface area contributed by atoms with Gasteiger partial charge in [-0.15, -0.1) is 0 Å². The number of carbonyl (C=O) groups is 1. The number of para-hydroxylation sites is 1. The molecule has 37 heavy (non-hydrogen) atoms. The van der Waals surface area contributed by atoms with E-state index >= 15 is 0 Å². The average molecular weight is 510 g/mol. The molecule has 0 saturated heterocycles. The quantitative estimate of drug-likeness (QED) is 0.334. The van der Waals surface area contributed by atoms with Gasteiger partial charge in [0.15, 0.2) is 11.5 Å². The summed E-state index contributed by atoms with van der Waals surface area (Å²) in [5.41, 5.74) is 1.04. The van der Waals surface area contributed by atoms with Crippen LogP contribution in [0.5, 0.6) is 34.5 Å². The normalized spacial score (nSPS) is 15.2. The predicted molar refractivity (Wildman–Crippen MR) is 137 cm³/mol. The van der Waals surface area contributed by atoms with Gasteiger partial charge in [0, 0.05) is 13.1 Å². The van der Waals surface area contributed by atoms with Crippen molar-refractivity contribution in [3.63, 3.8) is 0 Å². The van der Waals surface area contributed by atoms with Crippen LogP contribution in [0.4, 0.5) is 0 Å². The molecule has 0 aliphatic carbocycles. The SMILES string of the molecule is COc1cc(C(=O)O)cc(OC)c1Oc1ccc2c(c1)CC[C@H](CNC[C@H](O)COc1ccccc1)O2. The highest BCUT2D eigenvalue weighted by molar-refractivity contribution is 5.89. The van der Waals surface area contributed by atoms with Crippen LogP contribution in [0.15, 0.2) is 60.7 Å². The fraction of sp³-hybridized carbons (Fsp3) is 0.321. The van der Waals surface area contributed by atoms with Crippen LogP contribution >= 0.6 is 0 Å². The lowest BCUT2D eigenvalue weighted by atomic mass is 10.0. The third-order valence-electron chi connectivity index (χ3n) is 5.93. The van der Waals surface area contributed by atoms with Gasteiger partial charge in [0.05, 0.1) is 19.8 Å². The Kier molecular flexibility index (Phi) is 8.71. The van der Waals surface area contributed by atoms with Crippen molar-refractivity contribution in [3.8, 4) is 34.5 Å². The highest BCUT2D eigenvalue weighted by Crippen LogP contribution is 2.42. The lowest BCUT2D eigenvalue weighted by Crippen LogP contribution is -2.39. The average Bonchev–Trinajstić information content (AvgIpc) is 2.92. The smallest absolute Gasteiger partial charge is 0.335 e. The second-order valence-corrected chi connectivity index (χ2v) is 8.60. The molecule has 4 rings (SSSR count). The minimum atomic E-state index is -1.09. The van der Waals surface area contributed by atoms with E-state index < -0.39 is 12.1 Å². The minimum absolute atomic E-state index is 0.0229. The van der Waals surface area contributed by atoms with Crippen molar-refractivity contribution in [2.75, 3.05) is 33.9 Å². The van der Waals surface area contributed by atoms with Gasteiger partial charge in [-0.25, -0.2) is 4.79 Å². The molecule has 196 valence electrons. The van der Waals surface area contributed by atoms with Gasteiger partial charge in [0.1, 0.15) is 36.1 Å². The largest absolute Gasteiger partial charge is 0.493 e. The zero-order chi connectivity index (χ0) is 26.2. The molecule has 0 saturated carbocycles. The number of rotatable bonds is 12.